The molecule has 0 aliphatic rings. The molecule has 142 valence electrons. The van der Waals surface area contributed by atoms with E-state index in [-0.39, 0.29) is 24.1 Å². The number of hydrogen-bond acceptors (Lipinski definition) is 8. The average Bonchev–Trinajstić information content (AvgIpc) is 3.07. The molecule has 28 heavy (non-hydrogen) atoms. The minimum atomic E-state index is -0.423. The van der Waals surface area contributed by atoms with E-state index in [1.165, 1.54) is 6.07 Å². The van der Waals surface area contributed by atoms with Crippen LogP contribution in [0.15, 0.2) is 36.7 Å². The highest BCUT2D eigenvalue weighted by molar-refractivity contribution is 5.77. The van der Waals surface area contributed by atoms with Gasteiger partial charge in [-0.3, -0.25) is 0 Å². The van der Waals surface area contributed by atoms with Crippen molar-refractivity contribution in [2.75, 3.05) is 11.1 Å². The molecule has 10 heteroatoms. The van der Waals surface area contributed by atoms with Crippen molar-refractivity contribution in [1.29, 1.82) is 0 Å². The number of aromatic nitrogens is 6. The van der Waals surface area contributed by atoms with Crippen LogP contribution in [-0.4, -0.2) is 29.5 Å². The molecule has 0 fully saturated rings. The lowest BCUT2D eigenvalue weighted by molar-refractivity contribution is 0.629. The van der Waals surface area contributed by atoms with E-state index in [9.17, 15) is 4.39 Å². The van der Waals surface area contributed by atoms with Gasteiger partial charge in [0.15, 0.2) is 11.5 Å². The zero-order valence-corrected chi connectivity index (χ0v) is 15.1. The Bertz CT molecular complexity index is 1160. The zero-order valence-electron chi connectivity index (χ0n) is 15.1. The molecule has 0 aliphatic carbocycles. The summed E-state index contributed by atoms with van der Waals surface area (Å²) >= 11 is 0. The maximum absolute atomic E-state index is 14.2. The molecule has 0 spiro atoms. The van der Waals surface area contributed by atoms with Crippen molar-refractivity contribution in [1.82, 2.24) is 29.5 Å². The number of nitrogen functional groups attached to an aromatic ring is 1. The van der Waals surface area contributed by atoms with Crippen LogP contribution < -0.4 is 16.8 Å². The third kappa shape index (κ3) is 3.21. The van der Waals surface area contributed by atoms with Crippen molar-refractivity contribution in [2.24, 2.45) is 5.73 Å². The summed E-state index contributed by atoms with van der Waals surface area (Å²) in [6, 6.07) is 6.47. The van der Waals surface area contributed by atoms with Crippen LogP contribution in [0.1, 0.15) is 12.5 Å². The van der Waals surface area contributed by atoms with Gasteiger partial charge in [-0.05, 0) is 30.7 Å². The summed E-state index contributed by atoms with van der Waals surface area (Å²) in [5, 5.41) is 2.90. The summed E-state index contributed by atoms with van der Waals surface area (Å²) in [4.78, 5) is 21.4. The van der Waals surface area contributed by atoms with Gasteiger partial charge in [-0.2, -0.15) is 4.98 Å². The minimum Gasteiger partial charge on any atom is -0.368 e. The van der Waals surface area contributed by atoms with E-state index in [0.29, 0.717) is 34.8 Å². The van der Waals surface area contributed by atoms with Crippen LogP contribution in [0, 0.1) is 5.82 Å². The van der Waals surface area contributed by atoms with Crippen molar-refractivity contribution in [3.63, 3.8) is 0 Å². The fraction of sp³-hybridized carbons (Fsp3) is 0.167. The highest BCUT2D eigenvalue weighted by atomic mass is 19.1. The number of hydrogen-bond donors (Lipinski definition) is 3. The maximum Gasteiger partial charge on any atom is 0.229 e. The first kappa shape index (κ1) is 17.7. The molecule has 0 aliphatic heterocycles. The summed E-state index contributed by atoms with van der Waals surface area (Å²) in [6.07, 6.45) is 3.15. The van der Waals surface area contributed by atoms with Gasteiger partial charge < -0.3 is 21.4 Å². The molecule has 3 aromatic heterocycles. The first-order valence-corrected chi connectivity index (χ1v) is 8.66. The Labute approximate surface area is 159 Å². The van der Waals surface area contributed by atoms with Crippen molar-refractivity contribution >= 4 is 28.7 Å². The number of rotatable bonds is 5. The number of imidazole rings is 1. The van der Waals surface area contributed by atoms with Gasteiger partial charge in [-0.25, -0.2) is 24.3 Å². The van der Waals surface area contributed by atoms with Gasteiger partial charge in [0, 0.05) is 19.3 Å². The lowest BCUT2D eigenvalue weighted by atomic mass is 10.2. The van der Waals surface area contributed by atoms with Crippen LogP contribution in [0.2, 0.25) is 0 Å². The number of nitrogens with one attached hydrogen (secondary N) is 1. The Kier molecular flexibility index (Phi) is 4.53. The fourth-order valence-corrected chi connectivity index (χ4v) is 2.88. The van der Waals surface area contributed by atoms with Crippen LogP contribution in [0.4, 0.5) is 22.0 Å². The van der Waals surface area contributed by atoms with Gasteiger partial charge in [0.1, 0.15) is 17.0 Å². The maximum atomic E-state index is 14.2. The second kappa shape index (κ2) is 7.16. The lowest BCUT2D eigenvalue weighted by Crippen LogP contribution is -2.04. The highest BCUT2D eigenvalue weighted by Gasteiger charge is 2.16. The summed E-state index contributed by atoms with van der Waals surface area (Å²) in [5.74, 6) is 0.608. The molecule has 3 heterocycles. The second-order valence-corrected chi connectivity index (χ2v) is 6.03. The van der Waals surface area contributed by atoms with E-state index >= 15 is 0 Å². The molecular weight excluding hydrogens is 361 g/mol. The van der Waals surface area contributed by atoms with E-state index in [2.05, 4.69) is 30.2 Å². The Morgan fingerprint density at radius 1 is 1.14 bits per heavy atom. The SMILES string of the molecule is CCn1c(-c2ccnc(N)n2)nc2cnc(Nc3ccc(CN)cc3F)nc21. The monoisotopic (exact) mass is 379 g/mol. The van der Waals surface area contributed by atoms with Gasteiger partial charge in [-0.15, -0.1) is 0 Å². The van der Waals surface area contributed by atoms with E-state index in [4.69, 9.17) is 11.5 Å². The van der Waals surface area contributed by atoms with Crippen molar-refractivity contribution in [3.8, 4) is 11.5 Å². The quantitative estimate of drug-likeness (QED) is 0.481. The third-order valence-electron chi connectivity index (χ3n) is 4.22. The molecule has 1 aromatic carbocycles. The molecule has 4 aromatic rings. The molecule has 0 saturated carbocycles. The largest absolute Gasteiger partial charge is 0.368 e. The number of benzene rings is 1. The minimum absolute atomic E-state index is 0.164. The van der Waals surface area contributed by atoms with Gasteiger partial charge in [0.25, 0.3) is 0 Å². The molecule has 4 rings (SSSR count). The Hall–Kier alpha value is -3.66. The number of nitrogens with zero attached hydrogens (tertiary/aromatic N) is 6. The molecule has 0 amide bonds. The average molecular weight is 379 g/mol. The van der Waals surface area contributed by atoms with E-state index < -0.39 is 5.82 Å². The van der Waals surface area contributed by atoms with Crippen LogP contribution >= 0.6 is 0 Å². The summed E-state index contributed by atoms with van der Waals surface area (Å²) < 4.78 is 16.1. The first-order chi connectivity index (χ1) is 13.6. The van der Waals surface area contributed by atoms with E-state index in [1.54, 1.807) is 30.6 Å². The van der Waals surface area contributed by atoms with E-state index in [0.717, 1.165) is 0 Å². The molecule has 9 nitrogen and oxygen atoms in total. The number of anilines is 3. The second-order valence-electron chi connectivity index (χ2n) is 6.03. The molecular formula is C18H18FN9. The molecule has 0 unspecified atom stereocenters. The van der Waals surface area contributed by atoms with Gasteiger partial charge >= 0.3 is 0 Å². The normalized spacial score (nSPS) is 11.1. The van der Waals surface area contributed by atoms with Crippen molar-refractivity contribution in [3.05, 3.63) is 48.0 Å². The van der Waals surface area contributed by atoms with Crippen LogP contribution in [0.3, 0.4) is 0 Å². The van der Waals surface area contributed by atoms with Crippen molar-refractivity contribution in [2.45, 2.75) is 20.0 Å². The van der Waals surface area contributed by atoms with Crippen LogP contribution in [-0.2, 0) is 13.1 Å². The standard InChI is InChI=1S/C18H18FN9/c1-2-28-15(13-5-6-22-17(21)25-13)24-14-9-23-18(27-16(14)28)26-12-4-3-10(8-20)7-11(12)19/h3-7,9H,2,8,20H2,1H3,(H2,21,22,25)(H,23,26,27). The summed E-state index contributed by atoms with van der Waals surface area (Å²) in [5.41, 5.74) is 14.0. The number of nitrogens with two attached hydrogens (primary N) is 2. The van der Waals surface area contributed by atoms with E-state index in [1.807, 2.05) is 11.5 Å². The highest BCUT2D eigenvalue weighted by Crippen LogP contribution is 2.24. The smallest absolute Gasteiger partial charge is 0.229 e. The fourth-order valence-electron chi connectivity index (χ4n) is 2.88. The van der Waals surface area contributed by atoms with Crippen LogP contribution in [0.25, 0.3) is 22.7 Å². The first-order valence-electron chi connectivity index (χ1n) is 8.66. The topological polar surface area (TPSA) is 133 Å². The zero-order chi connectivity index (χ0) is 19.7. The van der Waals surface area contributed by atoms with Gasteiger partial charge in [0.05, 0.1) is 11.9 Å². The Morgan fingerprint density at radius 2 is 2.00 bits per heavy atom. The van der Waals surface area contributed by atoms with Gasteiger partial charge in [-0.1, -0.05) is 6.07 Å². The lowest BCUT2D eigenvalue weighted by Gasteiger charge is -2.08. The Morgan fingerprint density at radius 3 is 2.71 bits per heavy atom. The summed E-state index contributed by atoms with van der Waals surface area (Å²) in [6.45, 7) is 2.84. The molecule has 0 saturated heterocycles. The van der Waals surface area contributed by atoms with Crippen LogP contribution in [0.5, 0.6) is 0 Å². The predicted octanol–water partition coefficient (Wildman–Crippen LogP) is 2.23. The molecule has 0 radical (unpaired) electrons. The molecule has 5 N–H and O–H groups in total. The third-order valence-corrected chi connectivity index (χ3v) is 4.22. The van der Waals surface area contributed by atoms with Gasteiger partial charge in [0.2, 0.25) is 11.9 Å². The summed E-state index contributed by atoms with van der Waals surface area (Å²) in [7, 11) is 0. The molecule has 0 atom stereocenters. The molecule has 0 bridgehead atoms. The number of aryl methyl sites for hydroxylation is 1. The number of halogens is 1. The van der Waals surface area contributed by atoms with Crippen molar-refractivity contribution < 1.29 is 4.39 Å². The predicted molar refractivity (Wildman–Crippen MR) is 104 cm³/mol. The Balaban J connectivity index is 1.75. The number of fused-ring (bicyclic) bond motifs is 1.